The maximum atomic E-state index is 13.0. The summed E-state index contributed by atoms with van der Waals surface area (Å²) in [6.07, 6.45) is 5.74. The Labute approximate surface area is 164 Å². The topological polar surface area (TPSA) is 66.5 Å². The van der Waals surface area contributed by atoms with E-state index in [1.807, 2.05) is 12.1 Å². The zero-order valence-electron chi connectivity index (χ0n) is 15.2. The first-order chi connectivity index (χ1) is 13.1. The van der Waals surface area contributed by atoms with Gasteiger partial charge in [0.25, 0.3) is 5.91 Å². The van der Waals surface area contributed by atoms with Crippen LogP contribution in [0.3, 0.4) is 0 Å². The predicted octanol–water partition coefficient (Wildman–Crippen LogP) is 3.73. The van der Waals surface area contributed by atoms with Crippen LogP contribution in [0.1, 0.15) is 58.9 Å². The molecule has 1 fully saturated rings. The van der Waals surface area contributed by atoms with E-state index < -0.39 is 10.0 Å². The molecule has 0 spiro atoms. The molecule has 2 aromatic rings. The van der Waals surface area contributed by atoms with Crippen LogP contribution >= 0.6 is 11.3 Å². The molecular weight excluding hydrogens is 380 g/mol. The van der Waals surface area contributed by atoms with E-state index in [-0.39, 0.29) is 16.8 Å². The first-order valence-electron chi connectivity index (χ1n) is 9.53. The molecule has 1 atom stereocenters. The van der Waals surface area contributed by atoms with Gasteiger partial charge in [0.2, 0.25) is 10.0 Å². The number of hydrogen-bond acceptors (Lipinski definition) is 4. The van der Waals surface area contributed by atoms with Crippen LogP contribution < -0.4 is 5.32 Å². The minimum atomic E-state index is -3.61. The van der Waals surface area contributed by atoms with Crippen LogP contribution in [0.5, 0.6) is 0 Å². The Hall–Kier alpha value is -1.70. The van der Waals surface area contributed by atoms with Gasteiger partial charge in [-0.1, -0.05) is 30.7 Å². The molecule has 144 valence electrons. The standard InChI is InChI=1S/C20H24N2O3S2/c23-20(21-17-10-6-8-15-7-2-3-9-16(15)17)19-18(11-14-26-19)27(24,25)22-12-4-1-5-13-22/h2-3,7,9,11,14,17H,1,4-6,8,10,12-13H2,(H,21,23). The van der Waals surface area contributed by atoms with Crippen LogP contribution in [0.4, 0.5) is 0 Å². The number of fused-ring (bicyclic) bond motifs is 1. The molecule has 1 aromatic carbocycles. The van der Waals surface area contributed by atoms with Crippen LogP contribution in [0.25, 0.3) is 0 Å². The SMILES string of the molecule is O=C(NC1CCCc2ccccc21)c1sccc1S(=O)(=O)N1CCCCC1. The van der Waals surface area contributed by atoms with Crippen LogP contribution in [0.15, 0.2) is 40.6 Å². The van der Waals surface area contributed by atoms with Gasteiger partial charge in [-0.05, 0) is 54.7 Å². The molecule has 1 unspecified atom stereocenters. The second-order valence-corrected chi connectivity index (χ2v) is 10.0. The minimum Gasteiger partial charge on any atom is -0.344 e. The van der Waals surface area contributed by atoms with Gasteiger partial charge in [0.15, 0.2) is 0 Å². The molecule has 1 aliphatic heterocycles. The van der Waals surface area contributed by atoms with Crippen LogP contribution in [0, 0.1) is 0 Å². The minimum absolute atomic E-state index is 0.0601. The van der Waals surface area contributed by atoms with Gasteiger partial charge >= 0.3 is 0 Å². The fraction of sp³-hybridized carbons (Fsp3) is 0.450. The molecule has 4 rings (SSSR count). The predicted molar refractivity (Wildman–Crippen MR) is 107 cm³/mol. The first-order valence-corrected chi connectivity index (χ1v) is 11.9. The van der Waals surface area contributed by atoms with Crippen molar-refractivity contribution in [3.05, 3.63) is 51.7 Å². The normalized spacial score (nSPS) is 20.8. The monoisotopic (exact) mass is 404 g/mol. The highest BCUT2D eigenvalue weighted by Crippen LogP contribution is 2.32. The van der Waals surface area contributed by atoms with E-state index >= 15 is 0 Å². The number of nitrogens with one attached hydrogen (secondary N) is 1. The summed E-state index contributed by atoms with van der Waals surface area (Å²) < 4.78 is 27.6. The summed E-state index contributed by atoms with van der Waals surface area (Å²) >= 11 is 1.20. The summed E-state index contributed by atoms with van der Waals surface area (Å²) in [5.74, 6) is -0.290. The molecule has 2 aliphatic rings. The van der Waals surface area contributed by atoms with Gasteiger partial charge in [-0.3, -0.25) is 4.79 Å². The maximum Gasteiger partial charge on any atom is 0.263 e. The molecule has 2 heterocycles. The number of thiophene rings is 1. The Balaban J connectivity index is 1.57. The summed E-state index contributed by atoms with van der Waals surface area (Å²) in [6, 6.07) is 9.67. The van der Waals surface area contributed by atoms with Crippen molar-refractivity contribution in [1.82, 2.24) is 9.62 Å². The summed E-state index contributed by atoms with van der Waals surface area (Å²) in [4.78, 5) is 13.4. The van der Waals surface area contributed by atoms with E-state index in [2.05, 4.69) is 17.4 Å². The van der Waals surface area contributed by atoms with Crippen molar-refractivity contribution >= 4 is 27.3 Å². The lowest BCUT2D eigenvalue weighted by molar-refractivity contribution is 0.0933. The third kappa shape index (κ3) is 3.68. The van der Waals surface area contributed by atoms with E-state index in [9.17, 15) is 13.2 Å². The van der Waals surface area contributed by atoms with Crippen molar-refractivity contribution in [1.29, 1.82) is 0 Å². The third-order valence-electron chi connectivity index (χ3n) is 5.44. The average molecular weight is 405 g/mol. The molecule has 1 amide bonds. The number of rotatable bonds is 4. The highest BCUT2D eigenvalue weighted by Gasteiger charge is 2.32. The van der Waals surface area contributed by atoms with Crippen molar-refractivity contribution in [2.24, 2.45) is 0 Å². The van der Waals surface area contributed by atoms with Crippen molar-refractivity contribution in [3.63, 3.8) is 0 Å². The van der Waals surface area contributed by atoms with Crippen molar-refractivity contribution in [2.75, 3.05) is 13.1 Å². The van der Waals surface area contributed by atoms with Gasteiger partial charge in [0, 0.05) is 13.1 Å². The summed E-state index contributed by atoms with van der Waals surface area (Å²) in [5, 5.41) is 4.78. The summed E-state index contributed by atoms with van der Waals surface area (Å²) in [7, 11) is -3.61. The van der Waals surface area contributed by atoms with E-state index in [1.165, 1.54) is 21.2 Å². The molecule has 1 aliphatic carbocycles. The van der Waals surface area contributed by atoms with Gasteiger partial charge in [0.1, 0.15) is 9.77 Å². The molecule has 0 radical (unpaired) electrons. The smallest absolute Gasteiger partial charge is 0.263 e. The number of nitrogens with zero attached hydrogens (tertiary/aromatic N) is 1. The fourth-order valence-electron chi connectivity index (χ4n) is 4.04. The highest BCUT2D eigenvalue weighted by atomic mass is 32.2. The van der Waals surface area contributed by atoms with Gasteiger partial charge in [-0.15, -0.1) is 11.3 Å². The van der Waals surface area contributed by atoms with Crippen molar-refractivity contribution < 1.29 is 13.2 Å². The lowest BCUT2D eigenvalue weighted by Crippen LogP contribution is -2.37. The highest BCUT2D eigenvalue weighted by molar-refractivity contribution is 7.89. The Morgan fingerprint density at radius 3 is 2.67 bits per heavy atom. The van der Waals surface area contributed by atoms with Gasteiger partial charge < -0.3 is 5.32 Å². The quantitative estimate of drug-likeness (QED) is 0.844. The second-order valence-electron chi connectivity index (χ2n) is 7.20. The van der Waals surface area contributed by atoms with E-state index in [0.29, 0.717) is 18.0 Å². The molecule has 0 saturated carbocycles. The number of amides is 1. The Kier molecular flexibility index (Phi) is 5.34. The number of aryl methyl sites for hydroxylation is 1. The second kappa shape index (κ2) is 7.73. The molecule has 5 nitrogen and oxygen atoms in total. The molecule has 0 bridgehead atoms. The largest absolute Gasteiger partial charge is 0.344 e. The third-order valence-corrected chi connectivity index (χ3v) is 8.43. The molecule has 7 heteroatoms. The Morgan fingerprint density at radius 2 is 1.85 bits per heavy atom. The number of carbonyl (C=O) groups excluding carboxylic acids is 1. The molecular formula is C20H24N2O3S2. The fourth-order valence-corrected chi connectivity index (χ4v) is 6.86. The zero-order valence-corrected chi connectivity index (χ0v) is 16.8. The summed E-state index contributed by atoms with van der Waals surface area (Å²) in [5.41, 5.74) is 2.41. The molecule has 1 aromatic heterocycles. The number of sulfonamides is 1. The number of hydrogen-bond donors (Lipinski definition) is 1. The van der Waals surface area contributed by atoms with Crippen LogP contribution in [0.2, 0.25) is 0 Å². The van der Waals surface area contributed by atoms with Crippen LogP contribution in [-0.2, 0) is 16.4 Å². The van der Waals surface area contributed by atoms with Gasteiger partial charge in [0.05, 0.1) is 6.04 Å². The van der Waals surface area contributed by atoms with Crippen molar-refractivity contribution in [3.8, 4) is 0 Å². The van der Waals surface area contributed by atoms with Gasteiger partial charge in [-0.2, -0.15) is 4.31 Å². The number of piperidine rings is 1. The first kappa shape index (κ1) is 18.7. The Morgan fingerprint density at radius 1 is 1.07 bits per heavy atom. The summed E-state index contributed by atoms with van der Waals surface area (Å²) in [6.45, 7) is 1.07. The van der Waals surface area contributed by atoms with E-state index in [1.54, 1.807) is 11.4 Å². The number of carbonyl (C=O) groups is 1. The lowest BCUT2D eigenvalue weighted by atomic mass is 9.88. The molecule has 1 N–H and O–H groups in total. The van der Waals surface area contributed by atoms with Crippen molar-refractivity contribution in [2.45, 2.75) is 49.5 Å². The molecule has 1 saturated heterocycles. The molecule has 27 heavy (non-hydrogen) atoms. The lowest BCUT2D eigenvalue weighted by Gasteiger charge is -2.27. The average Bonchev–Trinajstić information content (AvgIpc) is 3.20. The Bertz CT molecular complexity index is 930. The zero-order chi connectivity index (χ0) is 18.9. The van der Waals surface area contributed by atoms with E-state index in [4.69, 9.17) is 0 Å². The number of benzene rings is 1. The van der Waals surface area contributed by atoms with Gasteiger partial charge in [-0.25, -0.2) is 8.42 Å². The maximum absolute atomic E-state index is 13.0. The van der Waals surface area contributed by atoms with E-state index in [0.717, 1.165) is 44.1 Å². The van der Waals surface area contributed by atoms with Crippen LogP contribution in [-0.4, -0.2) is 31.7 Å².